The first-order chi connectivity index (χ1) is 10.7. The Labute approximate surface area is 131 Å². The van der Waals surface area contributed by atoms with Crippen LogP contribution in [-0.2, 0) is 4.79 Å². The Kier molecular flexibility index (Phi) is 4.54. The zero-order valence-corrected chi connectivity index (χ0v) is 12.8. The minimum atomic E-state index is -0.281. The number of ether oxygens (including phenoxy) is 1. The molecule has 3 heteroatoms. The summed E-state index contributed by atoms with van der Waals surface area (Å²) in [5, 5.41) is 3.50. The van der Waals surface area contributed by atoms with Gasteiger partial charge in [0.1, 0.15) is 5.75 Å². The molecular weight excluding hydrogens is 274 g/mol. The molecule has 0 saturated carbocycles. The fourth-order valence-electron chi connectivity index (χ4n) is 3.26. The summed E-state index contributed by atoms with van der Waals surface area (Å²) in [5.74, 6) is 1.31. The summed E-state index contributed by atoms with van der Waals surface area (Å²) in [6.07, 6.45) is 1.12. The van der Waals surface area contributed by atoms with E-state index in [1.165, 1.54) is 18.1 Å². The highest BCUT2D eigenvalue weighted by molar-refractivity contribution is 5.69. The molecule has 2 aromatic rings. The van der Waals surface area contributed by atoms with Crippen molar-refractivity contribution in [2.75, 3.05) is 13.1 Å². The predicted molar refractivity (Wildman–Crippen MR) is 87.2 cm³/mol. The summed E-state index contributed by atoms with van der Waals surface area (Å²) in [6, 6.07) is 18.6. The molecule has 0 amide bonds. The Morgan fingerprint density at radius 2 is 1.68 bits per heavy atom. The lowest BCUT2D eigenvalue weighted by Crippen LogP contribution is -2.34. The lowest BCUT2D eigenvalue weighted by molar-refractivity contribution is -0.131. The van der Waals surface area contributed by atoms with Crippen molar-refractivity contribution in [3.05, 3.63) is 65.7 Å². The van der Waals surface area contributed by atoms with Gasteiger partial charge in [0.15, 0.2) is 0 Å². The average molecular weight is 295 g/mol. The van der Waals surface area contributed by atoms with Crippen molar-refractivity contribution in [1.29, 1.82) is 0 Å². The van der Waals surface area contributed by atoms with Crippen molar-refractivity contribution in [3.63, 3.8) is 0 Å². The van der Waals surface area contributed by atoms with Crippen molar-refractivity contribution in [2.24, 2.45) is 0 Å². The normalized spacial score (nSPS) is 21.3. The molecule has 3 rings (SSSR count). The van der Waals surface area contributed by atoms with Crippen LogP contribution in [0.1, 0.15) is 36.3 Å². The first-order valence-corrected chi connectivity index (χ1v) is 7.78. The lowest BCUT2D eigenvalue weighted by Gasteiger charge is -2.33. The number of benzene rings is 2. The Bertz CT molecular complexity index is 622. The van der Waals surface area contributed by atoms with E-state index in [4.69, 9.17) is 4.74 Å². The fraction of sp³-hybridized carbons (Fsp3) is 0.316. The molecule has 2 aromatic carbocycles. The zero-order valence-electron chi connectivity index (χ0n) is 12.8. The van der Waals surface area contributed by atoms with E-state index in [9.17, 15) is 4.79 Å². The maximum absolute atomic E-state index is 11.0. The molecule has 114 valence electrons. The van der Waals surface area contributed by atoms with Gasteiger partial charge in [0, 0.05) is 19.4 Å². The molecule has 0 bridgehead atoms. The number of carbonyl (C=O) groups is 1. The van der Waals surface area contributed by atoms with E-state index >= 15 is 0 Å². The third-order valence-corrected chi connectivity index (χ3v) is 4.28. The molecule has 1 fully saturated rings. The summed E-state index contributed by atoms with van der Waals surface area (Å²) >= 11 is 0. The molecule has 3 nitrogen and oxygen atoms in total. The van der Waals surface area contributed by atoms with Crippen molar-refractivity contribution >= 4 is 5.97 Å². The van der Waals surface area contributed by atoms with E-state index in [1.54, 1.807) is 0 Å². The highest BCUT2D eigenvalue weighted by Gasteiger charge is 2.27. The zero-order chi connectivity index (χ0) is 15.4. The second kappa shape index (κ2) is 6.75. The second-order valence-corrected chi connectivity index (χ2v) is 5.78. The van der Waals surface area contributed by atoms with Gasteiger partial charge in [0.25, 0.3) is 0 Å². The molecule has 22 heavy (non-hydrogen) atoms. The highest BCUT2D eigenvalue weighted by atomic mass is 16.5. The molecule has 0 aliphatic carbocycles. The molecule has 0 spiro atoms. The predicted octanol–water partition coefficient (Wildman–Crippen LogP) is 3.47. The van der Waals surface area contributed by atoms with Crippen molar-refractivity contribution < 1.29 is 9.53 Å². The Hall–Kier alpha value is -2.13. The van der Waals surface area contributed by atoms with Gasteiger partial charge in [0.2, 0.25) is 0 Å². The molecule has 1 aliphatic rings. The number of piperidine rings is 1. The van der Waals surface area contributed by atoms with Crippen LogP contribution in [0.3, 0.4) is 0 Å². The highest BCUT2D eigenvalue weighted by Crippen LogP contribution is 2.37. The number of hydrogen-bond donors (Lipinski definition) is 1. The van der Waals surface area contributed by atoms with Crippen LogP contribution in [-0.4, -0.2) is 19.1 Å². The molecule has 2 atom stereocenters. The van der Waals surface area contributed by atoms with Gasteiger partial charge in [-0.05, 0) is 42.1 Å². The number of esters is 1. The average Bonchev–Trinajstić information content (AvgIpc) is 2.56. The van der Waals surface area contributed by atoms with Gasteiger partial charge in [-0.2, -0.15) is 0 Å². The third kappa shape index (κ3) is 3.37. The van der Waals surface area contributed by atoms with E-state index in [0.29, 0.717) is 17.6 Å². The van der Waals surface area contributed by atoms with Gasteiger partial charge in [0.05, 0.1) is 0 Å². The van der Waals surface area contributed by atoms with Gasteiger partial charge in [-0.1, -0.05) is 42.5 Å². The number of nitrogens with one attached hydrogen (secondary N) is 1. The van der Waals surface area contributed by atoms with E-state index in [2.05, 4.69) is 47.8 Å². The van der Waals surface area contributed by atoms with Crippen LogP contribution in [0, 0.1) is 0 Å². The standard InChI is InChI=1S/C19H21NO2/c1-14(21)22-17-9-7-16(8-10-17)18-11-12-20-13-19(18)15-5-3-2-4-6-15/h2-10,18-20H,11-13H2,1H3/t18-,19-/m0/s1. The molecule has 1 N–H and O–H groups in total. The van der Waals surface area contributed by atoms with E-state index in [-0.39, 0.29) is 5.97 Å². The minimum absolute atomic E-state index is 0.281. The van der Waals surface area contributed by atoms with Crippen LogP contribution < -0.4 is 10.1 Å². The lowest BCUT2D eigenvalue weighted by atomic mass is 9.77. The van der Waals surface area contributed by atoms with Crippen LogP contribution in [0.4, 0.5) is 0 Å². The third-order valence-electron chi connectivity index (χ3n) is 4.28. The SMILES string of the molecule is CC(=O)Oc1ccc([C@@H]2CCNC[C@H]2c2ccccc2)cc1. The Morgan fingerprint density at radius 1 is 1.00 bits per heavy atom. The summed E-state index contributed by atoms with van der Waals surface area (Å²) in [6.45, 7) is 3.46. The molecule has 0 aromatic heterocycles. The molecular formula is C19H21NO2. The second-order valence-electron chi connectivity index (χ2n) is 5.78. The number of carbonyl (C=O) groups excluding carboxylic acids is 1. The monoisotopic (exact) mass is 295 g/mol. The molecule has 1 heterocycles. The van der Waals surface area contributed by atoms with Crippen molar-refractivity contribution in [3.8, 4) is 5.75 Å². The molecule has 0 unspecified atom stereocenters. The van der Waals surface area contributed by atoms with E-state index < -0.39 is 0 Å². The van der Waals surface area contributed by atoms with Gasteiger partial charge in [-0.3, -0.25) is 4.79 Å². The molecule has 1 saturated heterocycles. The topological polar surface area (TPSA) is 38.3 Å². The maximum Gasteiger partial charge on any atom is 0.308 e. The van der Waals surface area contributed by atoms with Crippen LogP contribution in [0.5, 0.6) is 5.75 Å². The van der Waals surface area contributed by atoms with Gasteiger partial charge < -0.3 is 10.1 Å². The Morgan fingerprint density at radius 3 is 2.36 bits per heavy atom. The van der Waals surface area contributed by atoms with Crippen molar-refractivity contribution in [1.82, 2.24) is 5.32 Å². The summed E-state index contributed by atoms with van der Waals surface area (Å²) < 4.78 is 5.12. The summed E-state index contributed by atoms with van der Waals surface area (Å²) in [7, 11) is 0. The molecule has 0 radical (unpaired) electrons. The van der Waals surface area contributed by atoms with Crippen LogP contribution in [0.15, 0.2) is 54.6 Å². The van der Waals surface area contributed by atoms with Crippen LogP contribution >= 0.6 is 0 Å². The summed E-state index contributed by atoms with van der Waals surface area (Å²) in [5.41, 5.74) is 2.69. The largest absolute Gasteiger partial charge is 0.427 e. The maximum atomic E-state index is 11.0. The smallest absolute Gasteiger partial charge is 0.308 e. The fourth-order valence-corrected chi connectivity index (χ4v) is 3.26. The van der Waals surface area contributed by atoms with Crippen LogP contribution in [0.2, 0.25) is 0 Å². The Balaban J connectivity index is 1.83. The number of hydrogen-bond acceptors (Lipinski definition) is 3. The van der Waals surface area contributed by atoms with E-state index in [0.717, 1.165) is 19.5 Å². The van der Waals surface area contributed by atoms with Gasteiger partial charge in [-0.15, -0.1) is 0 Å². The number of rotatable bonds is 3. The van der Waals surface area contributed by atoms with Gasteiger partial charge >= 0.3 is 5.97 Å². The van der Waals surface area contributed by atoms with Crippen molar-refractivity contribution in [2.45, 2.75) is 25.2 Å². The van der Waals surface area contributed by atoms with Gasteiger partial charge in [-0.25, -0.2) is 0 Å². The minimum Gasteiger partial charge on any atom is -0.427 e. The van der Waals surface area contributed by atoms with Crippen LogP contribution in [0.25, 0.3) is 0 Å². The quantitative estimate of drug-likeness (QED) is 0.696. The first-order valence-electron chi connectivity index (χ1n) is 7.78. The van der Waals surface area contributed by atoms with E-state index in [1.807, 2.05) is 12.1 Å². The summed E-state index contributed by atoms with van der Waals surface area (Å²) in [4.78, 5) is 11.0. The molecule has 1 aliphatic heterocycles. The first kappa shape index (κ1) is 14.8.